The molecule has 3 heteroatoms. The van der Waals surface area contributed by atoms with Gasteiger partial charge < -0.3 is 0 Å². The first-order chi connectivity index (χ1) is 9.97. The molecular weight excluding hydrogens is 280 g/mol. The largest absolute Gasteiger partial charge is 0.224 e. The second-order valence-electron chi connectivity index (χ2n) is 5.72. The van der Waals surface area contributed by atoms with Gasteiger partial charge in [0.1, 0.15) is 0 Å². The Morgan fingerprint density at radius 3 is 2.19 bits per heavy atom. The van der Waals surface area contributed by atoms with E-state index in [1.807, 2.05) is 37.3 Å². The van der Waals surface area contributed by atoms with Crippen molar-refractivity contribution in [1.29, 1.82) is 0 Å². The average Bonchev–Trinajstić information content (AvgIpc) is 2.47. The molecule has 0 aliphatic heterocycles. The van der Waals surface area contributed by atoms with Gasteiger partial charge in [0.05, 0.1) is 10.6 Å². The zero-order chi connectivity index (χ0) is 15.3. The van der Waals surface area contributed by atoms with E-state index in [2.05, 4.69) is 19.1 Å². The van der Waals surface area contributed by atoms with E-state index in [4.69, 9.17) is 0 Å². The molecule has 0 amide bonds. The SMILES string of the molecule is Cc1ccc(S(=O)(=O)CCC(C)Cc2ccccc2)cc1. The summed E-state index contributed by atoms with van der Waals surface area (Å²) in [6, 6.07) is 17.3. The van der Waals surface area contributed by atoms with Crippen LogP contribution in [0.3, 0.4) is 0 Å². The second-order valence-corrected chi connectivity index (χ2v) is 7.82. The number of benzene rings is 2. The van der Waals surface area contributed by atoms with Crippen LogP contribution in [0.2, 0.25) is 0 Å². The minimum Gasteiger partial charge on any atom is -0.224 e. The Hall–Kier alpha value is -1.61. The van der Waals surface area contributed by atoms with E-state index in [0.29, 0.717) is 17.2 Å². The summed E-state index contributed by atoms with van der Waals surface area (Å²) in [4.78, 5) is 0.431. The van der Waals surface area contributed by atoms with E-state index in [1.54, 1.807) is 12.1 Å². The maximum atomic E-state index is 12.3. The van der Waals surface area contributed by atoms with E-state index in [9.17, 15) is 8.42 Å². The van der Waals surface area contributed by atoms with Gasteiger partial charge in [0.15, 0.2) is 9.84 Å². The van der Waals surface area contributed by atoms with Gasteiger partial charge in [-0.3, -0.25) is 0 Å². The highest BCUT2D eigenvalue weighted by molar-refractivity contribution is 7.91. The highest BCUT2D eigenvalue weighted by atomic mass is 32.2. The number of hydrogen-bond acceptors (Lipinski definition) is 2. The van der Waals surface area contributed by atoms with Crippen LogP contribution in [0.25, 0.3) is 0 Å². The summed E-state index contributed by atoms with van der Waals surface area (Å²) in [6.07, 6.45) is 1.61. The molecule has 112 valence electrons. The Balaban J connectivity index is 1.94. The van der Waals surface area contributed by atoms with E-state index in [-0.39, 0.29) is 5.75 Å². The van der Waals surface area contributed by atoms with E-state index < -0.39 is 9.84 Å². The smallest absolute Gasteiger partial charge is 0.178 e. The highest BCUT2D eigenvalue weighted by Gasteiger charge is 2.16. The van der Waals surface area contributed by atoms with Crippen molar-refractivity contribution >= 4 is 9.84 Å². The normalized spacial score (nSPS) is 13.0. The van der Waals surface area contributed by atoms with Crippen LogP contribution in [0.1, 0.15) is 24.5 Å². The number of hydrogen-bond donors (Lipinski definition) is 0. The fourth-order valence-electron chi connectivity index (χ4n) is 2.34. The summed E-state index contributed by atoms with van der Waals surface area (Å²) < 4.78 is 24.6. The van der Waals surface area contributed by atoms with Gasteiger partial charge in [-0.25, -0.2) is 8.42 Å². The summed E-state index contributed by atoms with van der Waals surface area (Å²) in [7, 11) is -3.16. The molecule has 0 aromatic heterocycles. The van der Waals surface area contributed by atoms with Crippen LogP contribution in [0, 0.1) is 12.8 Å². The second kappa shape index (κ2) is 6.90. The van der Waals surface area contributed by atoms with Gasteiger partial charge >= 0.3 is 0 Å². The van der Waals surface area contributed by atoms with Crippen molar-refractivity contribution in [2.45, 2.75) is 31.6 Å². The van der Waals surface area contributed by atoms with Gasteiger partial charge in [-0.1, -0.05) is 55.0 Å². The first kappa shape index (κ1) is 15.8. The Kier molecular flexibility index (Phi) is 5.18. The fourth-order valence-corrected chi connectivity index (χ4v) is 3.84. The third-order valence-corrected chi connectivity index (χ3v) is 5.45. The Morgan fingerprint density at radius 1 is 0.952 bits per heavy atom. The highest BCUT2D eigenvalue weighted by Crippen LogP contribution is 2.17. The summed E-state index contributed by atoms with van der Waals surface area (Å²) in [5.74, 6) is 0.567. The average molecular weight is 302 g/mol. The van der Waals surface area contributed by atoms with Crippen LogP contribution in [0.5, 0.6) is 0 Å². The van der Waals surface area contributed by atoms with Crippen LogP contribution in [-0.2, 0) is 16.3 Å². The summed E-state index contributed by atoms with van der Waals surface area (Å²) in [6.45, 7) is 4.07. The van der Waals surface area contributed by atoms with Crippen molar-refractivity contribution in [2.75, 3.05) is 5.75 Å². The zero-order valence-electron chi connectivity index (χ0n) is 12.6. The molecule has 21 heavy (non-hydrogen) atoms. The molecule has 0 radical (unpaired) electrons. The summed E-state index contributed by atoms with van der Waals surface area (Å²) >= 11 is 0. The maximum absolute atomic E-state index is 12.3. The lowest BCUT2D eigenvalue weighted by atomic mass is 9.99. The predicted molar refractivity (Wildman–Crippen MR) is 87.2 cm³/mol. The number of sulfone groups is 1. The minimum absolute atomic E-state index is 0.212. The molecule has 0 N–H and O–H groups in total. The molecule has 0 aliphatic rings. The number of aryl methyl sites for hydroxylation is 1. The van der Waals surface area contributed by atoms with Crippen molar-refractivity contribution in [1.82, 2.24) is 0 Å². The van der Waals surface area contributed by atoms with Gasteiger partial charge in [-0.2, -0.15) is 0 Å². The lowest BCUT2D eigenvalue weighted by molar-refractivity contribution is 0.543. The maximum Gasteiger partial charge on any atom is 0.178 e. The monoisotopic (exact) mass is 302 g/mol. The molecule has 0 heterocycles. The van der Waals surface area contributed by atoms with E-state index in [1.165, 1.54) is 5.56 Å². The first-order valence-corrected chi connectivity index (χ1v) is 8.96. The van der Waals surface area contributed by atoms with Crippen LogP contribution in [0.4, 0.5) is 0 Å². The quantitative estimate of drug-likeness (QED) is 0.807. The van der Waals surface area contributed by atoms with Crippen LogP contribution >= 0.6 is 0 Å². The van der Waals surface area contributed by atoms with Gasteiger partial charge in [0, 0.05) is 0 Å². The predicted octanol–water partition coefficient (Wildman–Crippen LogP) is 4.04. The van der Waals surface area contributed by atoms with Crippen LogP contribution in [0.15, 0.2) is 59.5 Å². The lowest BCUT2D eigenvalue weighted by Gasteiger charge is -2.12. The van der Waals surface area contributed by atoms with Crippen molar-refractivity contribution in [3.63, 3.8) is 0 Å². The molecule has 2 nitrogen and oxygen atoms in total. The number of rotatable bonds is 6. The molecule has 1 unspecified atom stereocenters. The standard InChI is InChI=1S/C18H22O2S/c1-15-8-10-18(11-9-15)21(19,20)13-12-16(2)14-17-6-4-3-5-7-17/h3-11,16H,12-14H2,1-2H3. The molecule has 0 saturated heterocycles. The van der Waals surface area contributed by atoms with Crippen LogP contribution < -0.4 is 0 Å². The topological polar surface area (TPSA) is 34.1 Å². The Morgan fingerprint density at radius 2 is 1.57 bits per heavy atom. The third-order valence-electron chi connectivity index (χ3n) is 3.69. The van der Waals surface area contributed by atoms with Gasteiger partial charge in [-0.05, 0) is 43.4 Å². The molecule has 2 aromatic rings. The summed E-state index contributed by atoms with van der Waals surface area (Å²) in [5.41, 5.74) is 2.34. The van der Waals surface area contributed by atoms with Gasteiger partial charge in [-0.15, -0.1) is 0 Å². The minimum atomic E-state index is -3.16. The molecule has 1 atom stereocenters. The van der Waals surface area contributed by atoms with Crippen molar-refractivity contribution in [2.24, 2.45) is 5.92 Å². The van der Waals surface area contributed by atoms with Crippen molar-refractivity contribution < 1.29 is 8.42 Å². The zero-order valence-corrected chi connectivity index (χ0v) is 13.4. The van der Waals surface area contributed by atoms with Crippen molar-refractivity contribution in [3.8, 4) is 0 Å². The molecule has 0 bridgehead atoms. The molecule has 2 aromatic carbocycles. The molecule has 0 saturated carbocycles. The lowest BCUT2D eigenvalue weighted by Crippen LogP contribution is -2.11. The summed E-state index contributed by atoms with van der Waals surface area (Å²) in [5, 5.41) is 0. The first-order valence-electron chi connectivity index (χ1n) is 7.31. The van der Waals surface area contributed by atoms with E-state index >= 15 is 0 Å². The molecule has 0 fully saturated rings. The Labute approximate surface area is 127 Å². The Bertz CT molecular complexity index is 658. The molecular formula is C18H22O2S. The molecule has 0 aliphatic carbocycles. The third kappa shape index (κ3) is 4.71. The van der Waals surface area contributed by atoms with E-state index in [0.717, 1.165) is 12.0 Å². The van der Waals surface area contributed by atoms with Gasteiger partial charge in [0.25, 0.3) is 0 Å². The molecule has 0 spiro atoms. The molecule has 2 rings (SSSR count). The van der Waals surface area contributed by atoms with Crippen LogP contribution in [-0.4, -0.2) is 14.2 Å². The van der Waals surface area contributed by atoms with Gasteiger partial charge in [0.2, 0.25) is 0 Å². The fraction of sp³-hybridized carbons (Fsp3) is 0.333. The van der Waals surface area contributed by atoms with Crippen molar-refractivity contribution in [3.05, 3.63) is 65.7 Å².